The zero-order valence-corrected chi connectivity index (χ0v) is 12.7. The number of halogens is 1. The fourth-order valence-electron chi connectivity index (χ4n) is 2.56. The lowest BCUT2D eigenvalue weighted by Gasteiger charge is -2.07. The summed E-state index contributed by atoms with van der Waals surface area (Å²) in [6, 6.07) is 12.3. The Bertz CT molecular complexity index is 589. The SMILES string of the molecule is CCCCCCc1ccc2c(C(=O)CCl)cccc2c1. The maximum atomic E-state index is 11.8. The number of fused-ring (bicyclic) bond motifs is 1. The first-order chi connectivity index (χ1) is 9.76. The van der Waals surface area contributed by atoms with Gasteiger partial charge < -0.3 is 0 Å². The molecule has 0 N–H and O–H groups in total. The molecule has 0 saturated carbocycles. The molecule has 0 aliphatic rings. The van der Waals surface area contributed by atoms with Gasteiger partial charge in [0.2, 0.25) is 0 Å². The predicted octanol–water partition coefficient (Wildman–Crippen LogP) is 5.38. The zero-order chi connectivity index (χ0) is 14.4. The van der Waals surface area contributed by atoms with Gasteiger partial charge >= 0.3 is 0 Å². The summed E-state index contributed by atoms with van der Waals surface area (Å²) < 4.78 is 0. The van der Waals surface area contributed by atoms with Gasteiger partial charge in [0.1, 0.15) is 0 Å². The van der Waals surface area contributed by atoms with Crippen molar-refractivity contribution in [3.05, 3.63) is 47.5 Å². The number of aryl methyl sites for hydroxylation is 1. The Labute approximate surface area is 125 Å². The van der Waals surface area contributed by atoms with Crippen LogP contribution >= 0.6 is 11.6 Å². The third-order valence-corrected chi connectivity index (χ3v) is 3.93. The van der Waals surface area contributed by atoms with Crippen LogP contribution in [0.1, 0.15) is 48.5 Å². The van der Waals surface area contributed by atoms with Crippen LogP contribution in [0.5, 0.6) is 0 Å². The Morgan fingerprint density at radius 1 is 1.10 bits per heavy atom. The van der Waals surface area contributed by atoms with Crippen molar-refractivity contribution in [2.24, 2.45) is 0 Å². The Morgan fingerprint density at radius 2 is 1.95 bits per heavy atom. The van der Waals surface area contributed by atoms with Gasteiger partial charge in [-0.2, -0.15) is 0 Å². The number of ketones is 1. The van der Waals surface area contributed by atoms with E-state index in [1.54, 1.807) is 0 Å². The number of rotatable bonds is 7. The van der Waals surface area contributed by atoms with E-state index in [2.05, 4.69) is 31.2 Å². The van der Waals surface area contributed by atoms with Crippen molar-refractivity contribution in [2.75, 3.05) is 5.88 Å². The average molecular weight is 289 g/mol. The fraction of sp³-hybridized carbons (Fsp3) is 0.389. The maximum absolute atomic E-state index is 11.8. The average Bonchev–Trinajstić information content (AvgIpc) is 2.50. The number of unbranched alkanes of at least 4 members (excludes halogenated alkanes) is 3. The zero-order valence-electron chi connectivity index (χ0n) is 12.0. The molecule has 0 unspecified atom stereocenters. The van der Waals surface area contributed by atoms with Crippen LogP contribution < -0.4 is 0 Å². The minimum atomic E-state index is -0.00652. The van der Waals surface area contributed by atoms with Crippen molar-refractivity contribution in [3.8, 4) is 0 Å². The molecule has 2 aromatic carbocycles. The monoisotopic (exact) mass is 288 g/mol. The molecular weight excluding hydrogens is 268 g/mol. The lowest BCUT2D eigenvalue weighted by Crippen LogP contribution is -2.01. The second kappa shape index (κ2) is 7.44. The maximum Gasteiger partial charge on any atom is 0.178 e. The first-order valence-corrected chi connectivity index (χ1v) is 7.90. The van der Waals surface area contributed by atoms with Gasteiger partial charge in [0.15, 0.2) is 5.78 Å². The number of carbonyl (C=O) groups is 1. The fourth-order valence-corrected chi connectivity index (χ4v) is 2.70. The molecule has 0 saturated heterocycles. The minimum Gasteiger partial charge on any atom is -0.293 e. The number of Topliss-reactive ketones (excluding diaryl/α,β-unsaturated/α-hetero) is 1. The van der Waals surface area contributed by atoms with E-state index in [0.29, 0.717) is 0 Å². The number of benzene rings is 2. The van der Waals surface area contributed by atoms with E-state index >= 15 is 0 Å². The summed E-state index contributed by atoms with van der Waals surface area (Å²) >= 11 is 5.67. The van der Waals surface area contributed by atoms with E-state index in [1.165, 1.54) is 31.2 Å². The molecule has 0 heterocycles. The quantitative estimate of drug-likeness (QED) is 0.379. The molecule has 0 fully saturated rings. The summed E-state index contributed by atoms with van der Waals surface area (Å²) in [6.07, 6.45) is 6.21. The molecular formula is C18H21ClO. The van der Waals surface area contributed by atoms with Crippen molar-refractivity contribution < 1.29 is 4.79 Å². The molecule has 20 heavy (non-hydrogen) atoms. The van der Waals surface area contributed by atoms with Gasteiger partial charge in [-0.1, -0.05) is 62.6 Å². The number of hydrogen-bond donors (Lipinski definition) is 0. The molecule has 0 aliphatic carbocycles. The van der Waals surface area contributed by atoms with E-state index in [9.17, 15) is 4.79 Å². The highest BCUT2D eigenvalue weighted by Crippen LogP contribution is 2.22. The normalized spacial score (nSPS) is 10.9. The van der Waals surface area contributed by atoms with Gasteiger partial charge in [-0.3, -0.25) is 4.79 Å². The van der Waals surface area contributed by atoms with Gasteiger partial charge in [0.05, 0.1) is 5.88 Å². The van der Waals surface area contributed by atoms with Gasteiger partial charge in [-0.25, -0.2) is 0 Å². The van der Waals surface area contributed by atoms with E-state index in [1.807, 2.05) is 12.1 Å². The van der Waals surface area contributed by atoms with Gasteiger partial charge in [0, 0.05) is 5.56 Å². The van der Waals surface area contributed by atoms with Crippen molar-refractivity contribution >= 4 is 28.2 Å². The summed E-state index contributed by atoms with van der Waals surface area (Å²) in [7, 11) is 0. The lowest BCUT2D eigenvalue weighted by atomic mass is 9.98. The highest BCUT2D eigenvalue weighted by Gasteiger charge is 2.08. The van der Waals surface area contributed by atoms with Crippen LogP contribution in [0, 0.1) is 0 Å². The Kier molecular flexibility index (Phi) is 5.60. The highest BCUT2D eigenvalue weighted by atomic mass is 35.5. The molecule has 0 aliphatic heterocycles. The van der Waals surface area contributed by atoms with Crippen molar-refractivity contribution in [2.45, 2.75) is 39.0 Å². The highest BCUT2D eigenvalue weighted by molar-refractivity contribution is 6.31. The third kappa shape index (κ3) is 3.61. The topological polar surface area (TPSA) is 17.1 Å². The Balaban J connectivity index is 2.20. The van der Waals surface area contributed by atoms with Crippen LogP contribution in [0.25, 0.3) is 10.8 Å². The van der Waals surface area contributed by atoms with E-state index in [0.717, 1.165) is 22.8 Å². The molecule has 0 atom stereocenters. The molecule has 0 spiro atoms. The second-order valence-corrected chi connectivity index (χ2v) is 5.50. The van der Waals surface area contributed by atoms with Crippen LogP contribution in [-0.4, -0.2) is 11.7 Å². The molecule has 106 valence electrons. The van der Waals surface area contributed by atoms with Gasteiger partial charge in [0.25, 0.3) is 0 Å². The molecule has 1 nitrogen and oxygen atoms in total. The van der Waals surface area contributed by atoms with Crippen molar-refractivity contribution in [1.29, 1.82) is 0 Å². The van der Waals surface area contributed by atoms with Crippen LogP contribution in [0.4, 0.5) is 0 Å². The summed E-state index contributed by atoms with van der Waals surface area (Å²) in [5.41, 5.74) is 2.08. The molecule has 2 heteroatoms. The molecule has 2 aromatic rings. The first kappa shape index (κ1) is 15.1. The van der Waals surface area contributed by atoms with Crippen LogP contribution in [0.3, 0.4) is 0 Å². The Morgan fingerprint density at radius 3 is 2.70 bits per heavy atom. The van der Waals surface area contributed by atoms with Crippen LogP contribution in [0.15, 0.2) is 36.4 Å². The number of hydrogen-bond acceptors (Lipinski definition) is 1. The van der Waals surface area contributed by atoms with Crippen LogP contribution in [0.2, 0.25) is 0 Å². The molecule has 0 bridgehead atoms. The largest absolute Gasteiger partial charge is 0.293 e. The minimum absolute atomic E-state index is 0.00652. The number of carbonyl (C=O) groups excluding carboxylic acids is 1. The first-order valence-electron chi connectivity index (χ1n) is 7.37. The second-order valence-electron chi connectivity index (χ2n) is 5.23. The number of alkyl halides is 1. The van der Waals surface area contributed by atoms with E-state index in [-0.39, 0.29) is 11.7 Å². The van der Waals surface area contributed by atoms with Gasteiger partial charge in [-0.05, 0) is 29.2 Å². The van der Waals surface area contributed by atoms with Crippen LogP contribution in [-0.2, 0) is 6.42 Å². The predicted molar refractivity (Wildman–Crippen MR) is 86.8 cm³/mol. The van der Waals surface area contributed by atoms with E-state index in [4.69, 9.17) is 11.6 Å². The van der Waals surface area contributed by atoms with Gasteiger partial charge in [-0.15, -0.1) is 11.6 Å². The standard InChI is InChI=1S/C18H21ClO/c1-2-3-4-5-7-14-10-11-16-15(12-14)8-6-9-17(16)18(20)13-19/h6,8-12H,2-5,7,13H2,1H3. The summed E-state index contributed by atoms with van der Waals surface area (Å²) in [4.78, 5) is 11.8. The summed E-state index contributed by atoms with van der Waals surface area (Å²) in [5, 5.41) is 2.14. The van der Waals surface area contributed by atoms with Crippen molar-refractivity contribution in [3.63, 3.8) is 0 Å². The third-order valence-electron chi connectivity index (χ3n) is 3.69. The van der Waals surface area contributed by atoms with E-state index < -0.39 is 0 Å². The summed E-state index contributed by atoms with van der Waals surface area (Å²) in [6.45, 7) is 2.23. The smallest absolute Gasteiger partial charge is 0.178 e. The summed E-state index contributed by atoms with van der Waals surface area (Å²) in [5.74, 6) is 0.0330. The Hall–Kier alpha value is -1.34. The molecule has 0 amide bonds. The lowest BCUT2D eigenvalue weighted by molar-refractivity contribution is 0.102. The van der Waals surface area contributed by atoms with Crippen molar-refractivity contribution in [1.82, 2.24) is 0 Å². The molecule has 0 radical (unpaired) electrons. The molecule has 2 rings (SSSR count). The molecule has 0 aromatic heterocycles.